The standard InChI is InChI=1S/C58H36N2O2/c1-3-15-45(16-4-1)59(47-23-19-37-11-7-9-13-39(37)29-47)49-25-21-41-33-52-51-27-28-54-57(58(51)62-55(52)35-43(41)31-49)53-34-42-22-26-50(32-44(42)36-56(53)61-54)60(46-17-5-2-6-18-46)48-24-20-38-12-8-10-14-40(38)30-48/h1-36H. The molecule has 0 aliphatic heterocycles. The van der Waals surface area contributed by atoms with E-state index in [1.54, 1.807) is 0 Å². The fraction of sp³-hybridized carbons (Fsp3) is 0. The van der Waals surface area contributed by atoms with Crippen LogP contribution in [-0.4, -0.2) is 0 Å². The highest BCUT2D eigenvalue weighted by molar-refractivity contribution is 6.24. The summed E-state index contributed by atoms with van der Waals surface area (Å²) < 4.78 is 13.5. The molecule has 0 bridgehead atoms. The lowest BCUT2D eigenvalue weighted by Crippen LogP contribution is -2.09. The minimum Gasteiger partial charge on any atom is -0.456 e. The quantitative estimate of drug-likeness (QED) is 0.168. The zero-order valence-corrected chi connectivity index (χ0v) is 33.5. The highest BCUT2D eigenvalue weighted by Gasteiger charge is 2.20. The molecule has 0 aliphatic carbocycles. The molecule has 0 saturated heterocycles. The van der Waals surface area contributed by atoms with Gasteiger partial charge in [0.25, 0.3) is 0 Å². The Labute approximate surface area is 356 Å². The minimum absolute atomic E-state index is 0.810. The van der Waals surface area contributed by atoms with Crippen LogP contribution < -0.4 is 9.80 Å². The fourth-order valence-corrected chi connectivity index (χ4v) is 9.51. The van der Waals surface area contributed by atoms with Crippen molar-refractivity contribution in [3.8, 4) is 0 Å². The van der Waals surface area contributed by atoms with Crippen LogP contribution in [0.4, 0.5) is 34.1 Å². The van der Waals surface area contributed by atoms with E-state index >= 15 is 0 Å². The normalized spacial score (nSPS) is 11.9. The van der Waals surface area contributed by atoms with Crippen molar-refractivity contribution < 1.29 is 8.83 Å². The van der Waals surface area contributed by atoms with Gasteiger partial charge in [-0.05, 0) is 152 Å². The Morgan fingerprint density at radius 3 is 1.19 bits per heavy atom. The smallest absolute Gasteiger partial charge is 0.147 e. The maximum atomic E-state index is 6.87. The Kier molecular flexibility index (Phi) is 7.57. The second-order valence-electron chi connectivity index (χ2n) is 16.2. The van der Waals surface area contributed by atoms with Crippen molar-refractivity contribution in [3.63, 3.8) is 0 Å². The number of hydrogen-bond acceptors (Lipinski definition) is 4. The molecule has 0 N–H and O–H groups in total. The first kappa shape index (κ1) is 34.5. The third-order valence-electron chi connectivity index (χ3n) is 12.5. The Balaban J connectivity index is 0.928. The highest BCUT2D eigenvalue weighted by atomic mass is 16.3. The van der Waals surface area contributed by atoms with Gasteiger partial charge in [0.15, 0.2) is 0 Å². The van der Waals surface area contributed by atoms with Crippen LogP contribution in [-0.2, 0) is 0 Å². The molecule has 0 saturated carbocycles. The van der Waals surface area contributed by atoms with E-state index < -0.39 is 0 Å². The Hall–Kier alpha value is -8.34. The van der Waals surface area contributed by atoms with Crippen LogP contribution in [0, 0.1) is 0 Å². The molecule has 62 heavy (non-hydrogen) atoms. The summed E-state index contributed by atoms with van der Waals surface area (Å²) in [5.74, 6) is 0. The van der Waals surface area contributed by atoms with Gasteiger partial charge in [-0.15, -0.1) is 0 Å². The molecule has 0 unspecified atom stereocenters. The molecule has 0 amide bonds. The number of para-hydroxylation sites is 2. The molecule has 2 aromatic heterocycles. The lowest BCUT2D eigenvalue weighted by molar-refractivity contribution is 0.663. The predicted molar refractivity (Wildman–Crippen MR) is 260 cm³/mol. The third kappa shape index (κ3) is 5.54. The first-order valence-electron chi connectivity index (χ1n) is 21.1. The molecule has 0 fully saturated rings. The SMILES string of the molecule is c1ccc(N(c2ccc3ccccc3c2)c2ccc3cc4c(cc3c2)oc2c4ccc3oc4cc5cc(N(c6ccccc6)c6ccc7ccccc7c6)ccc5cc4c32)cc1. The summed E-state index contributed by atoms with van der Waals surface area (Å²) in [5, 5.41) is 13.6. The predicted octanol–water partition coefficient (Wildman–Crippen LogP) is 17.0. The van der Waals surface area contributed by atoms with Gasteiger partial charge in [0.1, 0.15) is 22.3 Å². The molecule has 13 rings (SSSR count). The van der Waals surface area contributed by atoms with Crippen molar-refractivity contribution in [1.29, 1.82) is 0 Å². The van der Waals surface area contributed by atoms with E-state index in [0.29, 0.717) is 0 Å². The second kappa shape index (κ2) is 13.6. The van der Waals surface area contributed by atoms with Crippen LogP contribution in [0.3, 0.4) is 0 Å². The van der Waals surface area contributed by atoms with E-state index in [1.807, 2.05) is 0 Å². The molecule has 2 heterocycles. The molecule has 4 heteroatoms. The highest BCUT2D eigenvalue weighted by Crippen LogP contribution is 2.44. The molecule has 11 aromatic carbocycles. The van der Waals surface area contributed by atoms with Crippen LogP contribution in [0.15, 0.2) is 227 Å². The number of nitrogens with zero attached hydrogens (tertiary/aromatic N) is 2. The van der Waals surface area contributed by atoms with Crippen LogP contribution >= 0.6 is 0 Å². The topological polar surface area (TPSA) is 32.8 Å². The van der Waals surface area contributed by atoms with Crippen molar-refractivity contribution in [1.82, 2.24) is 0 Å². The maximum Gasteiger partial charge on any atom is 0.147 e. The molecular weight excluding hydrogens is 757 g/mol. The maximum absolute atomic E-state index is 6.87. The fourth-order valence-electron chi connectivity index (χ4n) is 9.51. The summed E-state index contributed by atoms with van der Waals surface area (Å²) in [5.41, 5.74) is 9.91. The van der Waals surface area contributed by atoms with Gasteiger partial charge in [-0.1, -0.05) is 109 Å². The Bertz CT molecular complexity index is 3890. The number of benzene rings is 11. The monoisotopic (exact) mass is 792 g/mol. The number of fused-ring (bicyclic) bond motifs is 11. The average Bonchev–Trinajstić information content (AvgIpc) is 3.87. The van der Waals surface area contributed by atoms with Gasteiger partial charge in [0.2, 0.25) is 0 Å². The first-order chi connectivity index (χ1) is 30.7. The van der Waals surface area contributed by atoms with Gasteiger partial charge < -0.3 is 18.6 Å². The van der Waals surface area contributed by atoms with Gasteiger partial charge in [-0.25, -0.2) is 0 Å². The Morgan fingerprint density at radius 1 is 0.242 bits per heavy atom. The van der Waals surface area contributed by atoms with E-state index in [0.717, 1.165) is 99.5 Å². The van der Waals surface area contributed by atoms with Gasteiger partial charge in [0, 0.05) is 50.3 Å². The molecule has 0 spiro atoms. The van der Waals surface area contributed by atoms with Crippen molar-refractivity contribution in [2.24, 2.45) is 0 Å². The molecule has 0 aliphatic rings. The van der Waals surface area contributed by atoms with E-state index in [9.17, 15) is 0 Å². The summed E-state index contributed by atoms with van der Waals surface area (Å²) in [6, 6.07) is 78.0. The lowest BCUT2D eigenvalue weighted by Gasteiger charge is -2.26. The summed E-state index contributed by atoms with van der Waals surface area (Å²) in [4.78, 5) is 4.65. The van der Waals surface area contributed by atoms with Gasteiger partial charge in [0.05, 0.1) is 5.39 Å². The van der Waals surface area contributed by atoms with Crippen molar-refractivity contribution >= 4 is 121 Å². The van der Waals surface area contributed by atoms with E-state index in [4.69, 9.17) is 8.83 Å². The summed E-state index contributed by atoms with van der Waals surface area (Å²) in [7, 11) is 0. The number of hydrogen-bond donors (Lipinski definition) is 0. The molecule has 0 atom stereocenters. The van der Waals surface area contributed by atoms with Crippen molar-refractivity contribution in [2.75, 3.05) is 9.80 Å². The molecular formula is C58H36N2O2. The largest absolute Gasteiger partial charge is 0.456 e. The van der Waals surface area contributed by atoms with Gasteiger partial charge in [-0.3, -0.25) is 0 Å². The molecule has 4 nitrogen and oxygen atoms in total. The molecule has 290 valence electrons. The zero-order chi connectivity index (χ0) is 40.7. The van der Waals surface area contributed by atoms with E-state index in [1.165, 1.54) is 21.5 Å². The summed E-state index contributed by atoms with van der Waals surface area (Å²) >= 11 is 0. The Morgan fingerprint density at radius 2 is 0.661 bits per heavy atom. The lowest BCUT2D eigenvalue weighted by atomic mass is 10.0. The van der Waals surface area contributed by atoms with Crippen LogP contribution in [0.1, 0.15) is 0 Å². The first-order valence-corrected chi connectivity index (χ1v) is 21.1. The van der Waals surface area contributed by atoms with Crippen molar-refractivity contribution in [3.05, 3.63) is 218 Å². The summed E-state index contributed by atoms with van der Waals surface area (Å²) in [6.45, 7) is 0. The van der Waals surface area contributed by atoms with Crippen LogP contribution in [0.5, 0.6) is 0 Å². The second-order valence-corrected chi connectivity index (χ2v) is 16.2. The van der Waals surface area contributed by atoms with E-state index in [-0.39, 0.29) is 0 Å². The number of rotatable bonds is 6. The molecule has 0 radical (unpaired) electrons. The van der Waals surface area contributed by atoms with Gasteiger partial charge in [-0.2, -0.15) is 0 Å². The summed E-state index contributed by atoms with van der Waals surface area (Å²) in [6.07, 6.45) is 0. The minimum atomic E-state index is 0.810. The van der Waals surface area contributed by atoms with E-state index in [2.05, 4.69) is 228 Å². The van der Waals surface area contributed by atoms with Crippen LogP contribution in [0.25, 0.3) is 87.0 Å². The number of anilines is 6. The number of furan rings is 2. The van der Waals surface area contributed by atoms with Crippen LogP contribution in [0.2, 0.25) is 0 Å². The molecule has 13 aromatic rings. The average molecular weight is 793 g/mol. The van der Waals surface area contributed by atoms with Crippen molar-refractivity contribution in [2.45, 2.75) is 0 Å². The van der Waals surface area contributed by atoms with Gasteiger partial charge >= 0.3 is 0 Å². The third-order valence-corrected chi connectivity index (χ3v) is 12.5. The zero-order valence-electron chi connectivity index (χ0n) is 33.5.